The van der Waals surface area contributed by atoms with E-state index in [1.54, 1.807) is 6.07 Å². The zero-order chi connectivity index (χ0) is 37.0. The molecule has 0 amide bonds. The molecule has 2 aromatic carbocycles. The number of alkyl halides is 3. The summed E-state index contributed by atoms with van der Waals surface area (Å²) in [5, 5.41) is 3.84. The van der Waals surface area contributed by atoms with Gasteiger partial charge in [0.15, 0.2) is 10.9 Å². The van der Waals surface area contributed by atoms with Crippen LogP contribution in [0.1, 0.15) is 31.2 Å². The van der Waals surface area contributed by atoms with Crippen LogP contribution in [0.25, 0.3) is 21.8 Å². The van der Waals surface area contributed by atoms with Crippen molar-refractivity contribution in [3.8, 4) is 27.6 Å². The minimum atomic E-state index is -5.05. The lowest BCUT2D eigenvalue weighted by Gasteiger charge is -2.39. The maximum absolute atomic E-state index is 16.6. The number of rotatable bonds is 9. The van der Waals surface area contributed by atoms with E-state index in [4.69, 9.17) is 14.7 Å². The number of hydrogen-bond acceptors (Lipinski definition) is 12. The molecule has 0 aliphatic carbocycles. The lowest BCUT2D eigenvalue weighted by molar-refractivity contribution is -0.140. The van der Waals surface area contributed by atoms with Gasteiger partial charge in [-0.3, -0.25) is 4.72 Å². The molecule has 5 heterocycles. The Morgan fingerprint density at radius 3 is 2.35 bits per heavy atom. The van der Waals surface area contributed by atoms with E-state index in [-0.39, 0.29) is 46.8 Å². The summed E-state index contributed by atoms with van der Waals surface area (Å²) in [4.78, 5) is 17.8. The molecule has 3 saturated heterocycles. The van der Waals surface area contributed by atoms with Gasteiger partial charge in [-0.15, -0.1) is 0 Å². The van der Waals surface area contributed by atoms with Crippen molar-refractivity contribution in [1.82, 2.24) is 19.9 Å². The number of piperazine rings is 1. The molecular weight excluding hydrogens is 747 g/mol. The molecule has 19 heteroatoms. The second kappa shape index (κ2) is 13.7. The Hall–Kier alpha value is -4.07. The second-order valence-electron chi connectivity index (χ2n) is 13.1. The third-order valence-corrected chi connectivity index (χ3v) is 13.8. The van der Waals surface area contributed by atoms with Gasteiger partial charge in [-0.2, -0.15) is 13.2 Å². The van der Waals surface area contributed by atoms with Gasteiger partial charge in [0, 0.05) is 43.0 Å². The van der Waals surface area contributed by atoms with Gasteiger partial charge in [0.1, 0.15) is 20.5 Å². The molecule has 0 spiro atoms. The van der Waals surface area contributed by atoms with Crippen molar-refractivity contribution in [2.45, 2.75) is 54.9 Å². The summed E-state index contributed by atoms with van der Waals surface area (Å²) < 4.78 is 116. The number of hydrogen-bond donors (Lipinski definition) is 2. The van der Waals surface area contributed by atoms with Gasteiger partial charge < -0.3 is 19.9 Å². The number of sulfonamides is 1. The molecular formula is C33H35F4N7O5S3. The minimum Gasteiger partial charge on any atom is -0.495 e. The Kier molecular flexibility index (Phi) is 9.58. The molecule has 12 nitrogen and oxygen atoms in total. The first kappa shape index (κ1) is 36.3. The Bertz CT molecular complexity index is 2190. The highest BCUT2D eigenvalue weighted by Crippen LogP contribution is 2.46. The first-order valence-electron chi connectivity index (χ1n) is 16.5. The largest absolute Gasteiger partial charge is 0.495 e. The summed E-state index contributed by atoms with van der Waals surface area (Å²) in [6.45, 7) is 1.63. The molecule has 0 saturated carbocycles. The van der Waals surface area contributed by atoms with E-state index in [0.717, 1.165) is 51.2 Å². The van der Waals surface area contributed by atoms with E-state index in [1.165, 1.54) is 29.7 Å². The number of aromatic nitrogens is 3. The van der Waals surface area contributed by atoms with Crippen molar-refractivity contribution in [3.63, 3.8) is 0 Å². The number of methoxy groups -OCH3 is 1. The van der Waals surface area contributed by atoms with Crippen LogP contribution >= 0.6 is 11.3 Å². The van der Waals surface area contributed by atoms with Crippen molar-refractivity contribution in [2.75, 3.05) is 53.7 Å². The molecule has 7 rings (SSSR count). The van der Waals surface area contributed by atoms with Crippen LogP contribution < -0.4 is 19.7 Å². The summed E-state index contributed by atoms with van der Waals surface area (Å²) in [6.07, 6.45) is -0.831. The fourth-order valence-corrected chi connectivity index (χ4v) is 11.3. The van der Waals surface area contributed by atoms with Gasteiger partial charge >= 0.3 is 6.18 Å². The van der Waals surface area contributed by atoms with Gasteiger partial charge in [0.05, 0.1) is 46.1 Å². The number of nitrogens with zero attached hydrogens (tertiary/aromatic N) is 5. The van der Waals surface area contributed by atoms with Gasteiger partial charge in [0.2, 0.25) is 5.95 Å². The highest BCUT2D eigenvalue weighted by molar-refractivity contribution is 7.93. The van der Waals surface area contributed by atoms with Crippen LogP contribution in [0.2, 0.25) is 0 Å². The number of likely N-dealkylation sites (tertiary alicyclic amines) is 1. The number of benzene rings is 2. The number of nitrogens with one attached hydrogen (secondary N) is 2. The zero-order valence-corrected chi connectivity index (χ0v) is 30.5. The molecule has 278 valence electrons. The number of sulfone groups is 1. The van der Waals surface area contributed by atoms with Crippen LogP contribution in [-0.2, 0) is 26.0 Å². The van der Waals surface area contributed by atoms with Crippen LogP contribution in [0.3, 0.4) is 0 Å². The number of ether oxygens (including phenoxy) is 1. The number of fused-ring (bicyclic) bond motifs is 2. The Morgan fingerprint density at radius 2 is 1.67 bits per heavy atom. The van der Waals surface area contributed by atoms with Gasteiger partial charge in [-0.25, -0.2) is 36.2 Å². The quantitative estimate of drug-likeness (QED) is 0.208. The number of halogens is 4. The predicted octanol–water partition coefficient (Wildman–Crippen LogP) is 5.51. The SMILES string of the molecule is COc1cccc(C(F)(F)F)c1S(=O)(=O)Nc1cccc(-c2nc(N3C4CCC3CN(C)C4)sc2-c2ccnc(NC3CCS(=O)(=O)CC3)n2)c1F. The van der Waals surface area contributed by atoms with E-state index >= 15 is 4.39 Å². The highest BCUT2D eigenvalue weighted by Gasteiger charge is 2.42. The first-order valence-corrected chi connectivity index (χ1v) is 20.6. The van der Waals surface area contributed by atoms with E-state index in [0.29, 0.717) is 34.6 Å². The monoisotopic (exact) mass is 781 g/mol. The second-order valence-corrected chi connectivity index (χ2v) is 18.0. The van der Waals surface area contributed by atoms with E-state index in [2.05, 4.69) is 27.1 Å². The molecule has 2 atom stereocenters. The topological polar surface area (TPSA) is 147 Å². The molecule has 4 aromatic rings. The molecule has 2 aromatic heterocycles. The first-order chi connectivity index (χ1) is 24.6. The molecule has 2 bridgehead atoms. The molecule has 2 unspecified atom stereocenters. The summed E-state index contributed by atoms with van der Waals surface area (Å²) in [5.74, 6) is -1.26. The van der Waals surface area contributed by atoms with Crippen molar-refractivity contribution >= 4 is 48.0 Å². The number of likely N-dealkylation sites (N-methyl/N-ethyl adjacent to an activating group) is 1. The van der Waals surface area contributed by atoms with Crippen LogP contribution in [0.5, 0.6) is 5.75 Å². The maximum atomic E-state index is 16.6. The van der Waals surface area contributed by atoms with Gasteiger partial charge in [-0.1, -0.05) is 23.5 Å². The van der Waals surface area contributed by atoms with Crippen molar-refractivity contribution in [1.29, 1.82) is 0 Å². The van der Waals surface area contributed by atoms with E-state index < -0.39 is 53.7 Å². The molecule has 0 radical (unpaired) electrons. The molecule has 2 N–H and O–H groups in total. The average molecular weight is 782 g/mol. The molecule has 52 heavy (non-hydrogen) atoms. The summed E-state index contributed by atoms with van der Waals surface area (Å²) in [5.41, 5.74) is -1.59. The third kappa shape index (κ3) is 7.14. The van der Waals surface area contributed by atoms with Crippen molar-refractivity contribution in [3.05, 3.63) is 60.0 Å². The van der Waals surface area contributed by atoms with Crippen LogP contribution in [0.15, 0.2) is 53.6 Å². The fourth-order valence-electron chi connectivity index (χ4n) is 7.14. The zero-order valence-electron chi connectivity index (χ0n) is 28.0. The molecule has 3 fully saturated rings. The van der Waals surface area contributed by atoms with Crippen molar-refractivity contribution in [2.24, 2.45) is 0 Å². The normalized spacial score (nSPS) is 20.9. The Labute approximate surface area is 302 Å². The Morgan fingerprint density at radius 1 is 0.981 bits per heavy atom. The standard InChI is InChI=1S/C33H35F4N7O5S3/c1-43-17-20-9-10-21(18-43)44(20)32-41-28(29(50-32)25-11-14-38-31(40-25)39-19-12-15-51(45,46)16-13-19)22-5-3-7-24(27(22)34)42-52(47,48)30-23(33(35,36)37)6-4-8-26(30)49-2/h3-8,11,14,19-21,42H,9-10,12-13,15-18H2,1-2H3,(H,38,39,40). The van der Waals surface area contributed by atoms with Crippen LogP contribution in [0.4, 0.5) is 34.3 Å². The van der Waals surface area contributed by atoms with Gasteiger partial charge in [-0.05, 0) is 63.1 Å². The van der Waals surface area contributed by atoms with Crippen molar-refractivity contribution < 1.29 is 39.1 Å². The summed E-state index contributed by atoms with van der Waals surface area (Å²) >= 11 is 1.30. The maximum Gasteiger partial charge on any atom is 0.417 e. The predicted molar refractivity (Wildman–Crippen MR) is 189 cm³/mol. The number of anilines is 3. The molecule has 3 aliphatic heterocycles. The smallest absolute Gasteiger partial charge is 0.417 e. The lowest BCUT2D eigenvalue weighted by Crippen LogP contribution is -2.52. The average Bonchev–Trinajstić information content (AvgIpc) is 3.64. The molecule has 3 aliphatic rings. The third-order valence-electron chi connectivity index (χ3n) is 9.55. The van der Waals surface area contributed by atoms with Crippen LogP contribution in [0, 0.1) is 5.82 Å². The summed E-state index contributed by atoms with van der Waals surface area (Å²) in [6, 6.07) is 8.44. The minimum absolute atomic E-state index is 0.0496. The lowest BCUT2D eigenvalue weighted by atomic mass is 10.1. The highest BCUT2D eigenvalue weighted by atomic mass is 32.2. The number of thiazole rings is 1. The Balaban J connectivity index is 1.29. The van der Waals surface area contributed by atoms with Gasteiger partial charge in [0.25, 0.3) is 10.0 Å². The fraction of sp³-hybridized carbons (Fsp3) is 0.424. The van der Waals surface area contributed by atoms with Crippen LogP contribution in [-0.4, -0.2) is 93.6 Å². The summed E-state index contributed by atoms with van der Waals surface area (Å²) in [7, 11) is -5.03. The van der Waals surface area contributed by atoms with E-state index in [1.807, 2.05) is 4.72 Å². The van der Waals surface area contributed by atoms with E-state index in [9.17, 15) is 30.0 Å².